The molecule has 4 aliphatic rings. The number of likely N-dealkylation sites (N-methyl/N-ethyl adjacent to an activating group) is 1. The Balaban J connectivity index is 1.07. The van der Waals surface area contributed by atoms with Crippen LogP contribution in [0.3, 0.4) is 0 Å². The fraction of sp³-hybridized carbons (Fsp3) is 0.700. The van der Waals surface area contributed by atoms with Crippen molar-refractivity contribution in [2.24, 2.45) is 11.8 Å². The average Bonchev–Trinajstić information content (AvgIpc) is 3.44. The highest BCUT2D eigenvalue weighted by Crippen LogP contribution is 2.42. The molecule has 39 heavy (non-hydrogen) atoms. The Morgan fingerprint density at radius 2 is 1.90 bits per heavy atom. The molecule has 9 heteroatoms. The number of aromatic nitrogens is 3. The number of hydrogen-bond acceptors (Lipinski definition) is 7. The predicted molar refractivity (Wildman–Crippen MR) is 153 cm³/mol. The summed E-state index contributed by atoms with van der Waals surface area (Å²) in [7, 11) is 4.15. The number of piperidine rings is 1. The first kappa shape index (κ1) is 26.6. The van der Waals surface area contributed by atoms with E-state index in [1.54, 1.807) is 0 Å². The van der Waals surface area contributed by atoms with Crippen LogP contribution in [0.4, 0.5) is 10.6 Å². The molecule has 4 fully saturated rings. The third kappa shape index (κ3) is 5.80. The molecule has 3 atom stereocenters. The number of carbonyl (C=O) groups is 1. The van der Waals surface area contributed by atoms with Gasteiger partial charge in [0.25, 0.3) is 0 Å². The number of amides is 1. The van der Waals surface area contributed by atoms with Crippen molar-refractivity contribution >= 4 is 17.6 Å². The summed E-state index contributed by atoms with van der Waals surface area (Å²) in [4.78, 5) is 24.7. The van der Waals surface area contributed by atoms with Crippen LogP contribution in [-0.4, -0.2) is 101 Å². The molecule has 2 aromatic rings. The van der Waals surface area contributed by atoms with Gasteiger partial charge in [-0.25, -0.2) is 9.78 Å². The Kier molecular flexibility index (Phi) is 7.55. The molecule has 9 nitrogen and oxygen atoms in total. The van der Waals surface area contributed by atoms with Crippen molar-refractivity contribution in [3.05, 3.63) is 35.7 Å². The number of ether oxygens (including phenoxy) is 1. The number of likely N-dealkylation sites (tertiary alicyclic amines) is 2. The van der Waals surface area contributed by atoms with E-state index in [9.17, 15) is 4.79 Å². The van der Waals surface area contributed by atoms with E-state index in [4.69, 9.17) is 14.8 Å². The summed E-state index contributed by atoms with van der Waals surface area (Å²) in [5.41, 5.74) is 3.39. The van der Waals surface area contributed by atoms with Gasteiger partial charge < -0.3 is 19.9 Å². The lowest BCUT2D eigenvalue weighted by Gasteiger charge is -2.38. The van der Waals surface area contributed by atoms with Crippen LogP contribution in [0.15, 0.2) is 24.4 Å². The van der Waals surface area contributed by atoms with Gasteiger partial charge >= 0.3 is 6.09 Å². The first-order valence-electron chi connectivity index (χ1n) is 15.0. The van der Waals surface area contributed by atoms with Crippen molar-refractivity contribution in [1.29, 1.82) is 0 Å². The number of anilines is 1. The molecule has 1 amide bonds. The summed E-state index contributed by atoms with van der Waals surface area (Å²) in [6.45, 7) is 9.61. The van der Waals surface area contributed by atoms with Crippen molar-refractivity contribution in [3.8, 4) is 0 Å². The van der Waals surface area contributed by atoms with E-state index < -0.39 is 0 Å². The second-order valence-electron chi connectivity index (χ2n) is 12.8. The van der Waals surface area contributed by atoms with Crippen molar-refractivity contribution in [2.75, 3.05) is 58.7 Å². The Labute approximate surface area is 232 Å². The molecule has 2 saturated carbocycles. The van der Waals surface area contributed by atoms with Gasteiger partial charge in [-0.1, -0.05) is 26.0 Å². The molecule has 1 N–H and O–H groups in total. The molecule has 2 aliphatic carbocycles. The van der Waals surface area contributed by atoms with E-state index >= 15 is 0 Å². The quantitative estimate of drug-likeness (QED) is 0.483. The van der Waals surface area contributed by atoms with E-state index in [0.29, 0.717) is 29.7 Å². The van der Waals surface area contributed by atoms with E-state index in [1.165, 1.54) is 24.1 Å². The zero-order chi connectivity index (χ0) is 27.1. The summed E-state index contributed by atoms with van der Waals surface area (Å²) >= 11 is 0. The standard InChI is InChI=1S/C30H45N7O2/c1-20(2)25-16-31-37-27(15-26(21-7-8-21)32-29(25)37)33-28-22-9-10-23(28)18-36(17-22)30(38)39-24-11-14-35(19-24)13-6-5-12-34(3)4/h5-6,15-16,20-24,28,33H,7-14,17-19H2,1-4H3/b6-5+. The molecule has 2 aliphatic heterocycles. The van der Waals surface area contributed by atoms with Gasteiger partial charge in [0.2, 0.25) is 0 Å². The molecule has 2 bridgehead atoms. The van der Waals surface area contributed by atoms with Gasteiger partial charge in [-0.3, -0.25) is 4.90 Å². The average molecular weight is 536 g/mol. The lowest BCUT2D eigenvalue weighted by molar-refractivity contribution is 0.0499. The summed E-state index contributed by atoms with van der Waals surface area (Å²) < 4.78 is 8.01. The lowest BCUT2D eigenvalue weighted by atomic mass is 9.92. The second-order valence-corrected chi connectivity index (χ2v) is 12.8. The first-order chi connectivity index (χ1) is 18.9. The maximum atomic E-state index is 13.2. The number of carbonyl (C=O) groups excluding carboxylic acids is 1. The summed E-state index contributed by atoms with van der Waals surface area (Å²) in [6, 6.07) is 2.57. The topological polar surface area (TPSA) is 78.2 Å². The van der Waals surface area contributed by atoms with E-state index in [1.807, 2.05) is 15.6 Å². The van der Waals surface area contributed by atoms with E-state index in [2.05, 4.69) is 61.3 Å². The summed E-state index contributed by atoms with van der Waals surface area (Å²) in [6.07, 6.45) is 11.9. The molecule has 0 aromatic carbocycles. The highest BCUT2D eigenvalue weighted by Gasteiger charge is 2.44. The van der Waals surface area contributed by atoms with Gasteiger partial charge in [0.15, 0.2) is 5.65 Å². The molecular formula is C30H45N7O2. The van der Waals surface area contributed by atoms with Crippen LogP contribution < -0.4 is 5.32 Å². The van der Waals surface area contributed by atoms with Crippen LogP contribution in [-0.2, 0) is 4.74 Å². The Morgan fingerprint density at radius 3 is 2.59 bits per heavy atom. The largest absolute Gasteiger partial charge is 0.445 e. The number of nitrogens with zero attached hydrogens (tertiary/aromatic N) is 6. The van der Waals surface area contributed by atoms with Gasteiger partial charge in [0, 0.05) is 68.6 Å². The van der Waals surface area contributed by atoms with Crippen LogP contribution >= 0.6 is 0 Å². The Morgan fingerprint density at radius 1 is 1.13 bits per heavy atom. The first-order valence-corrected chi connectivity index (χ1v) is 15.0. The fourth-order valence-electron chi connectivity index (χ4n) is 6.66. The monoisotopic (exact) mass is 535 g/mol. The van der Waals surface area contributed by atoms with Crippen LogP contribution in [0.5, 0.6) is 0 Å². The van der Waals surface area contributed by atoms with Crippen LogP contribution in [0, 0.1) is 11.8 Å². The minimum absolute atomic E-state index is 0.00540. The fourth-order valence-corrected chi connectivity index (χ4v) is 6.66. The SMILES string of the molecule is CC(C)c1cnn2c(NC3C4CCC3CN(C(=O)OC3CCN(C/C=C/CN(C)C)C3)C4)cc(C3CC3)nc12. The lowest BCUT2D eigenvalue weighted by Crippen LogP contribution is -2.51. The molecule has 4 heterocycles. The zero-order valence-electron chi connectivity index (χ0n) is 24.1. The van der Waals surface area contributed by atoms with Crippen LogP contribution in [0.25, 0.3) is 5.65 Å². The van der Waals surface area contributed by atoms with Crippen LogP contribution in [0.2, 0.25) is 0 Å². The van der Waals surface area contributed by atoms with E-state index in [-0.39, 0.29) is 12.2 Å². The van der Waals surface area contributed by atoms with Gasteiger partial charge in [0.05, 0.1) is 6.20 Å². The normalized spacial score (nSPS) is 27.5. The molecular weight excluding hydrogens is 490 g/mol. The van der Waals surface area contributed by atoms with Crippen molar-refractivity contribution < 1.29 is 9.53 Å². The zero-order valence-corrected chi connectivity index (χ0v) is 24.1. The number of hydrogen-bond donors (Lipinski definition) is 1. The second kappa shape index (κ2) is 11.1. The van der Waals surface area contributed by atoms with Crippen molar-refractivity contribution in [2.45, 2.75) is 69.9 Å². The highest BCUT2D eigenvalue weighted by atomic mass is 16.6. The Bertz CT molecular complexity index is 1190. The third-order valence-corrected chi connectivity index (χ3v) is 9.04. The maximum absolute atomic E-state index is 13.2. The summed E-state index contributed by atoms with van der Waals surface area (Å²) in [5, 5.41) is 8.63. The van der Waals surface area contributed by atoms with E-state index in [0.717, 1.165) is 70.0 Å². The van der Waals surface area contributed by atoms with Gasteiger partial charge in [-0.15, -0.1) is 0 Å². The molecule has 2 saturated heterocycles. The molecule has 0 spiro atoms. The smallest absolute Gasteiger partial charge is 0.410 e. The molecule has 3 unspecified atom stereocenters. The molecule has 6 rings (SSSR count). The minimum Gasteiger partial charge on any atom is -0.445 e. The highest BCUT2D eigenvalue weighted by molar-refractivity contribution is 5.68. The van der Waals surface area contributed by atoms with Gasteiger partial charge in [-0.2, -0.15) is 9.61 Å². The van der Waals surface area contributed by atoms with Crippen molar-refractivity contribution in [1.82, 2.24) is 29.3 Å². The van der Waals surface area contributed by atoms with Gasteiger partial charge in [-0.05, 0) is 64.0 Å². The number of nitrogens with one attached hydrogen (secondary N) is 1. The van der Waals surface area contributed by atoms with Gasteiger partial charge in [0.1, 0.15) is 11.9 Å². The third-order valence-electron chi connectivity index (χ3n) is 9.04. The molecule has 2 aromatic heterocycles. The maximum Gasteiger partial charge on any atom is 0.410 e. The summed E-state index contributed by atoms with van der Waals surface area (Å²) in [5.74, 6) is 2.86. The molecule has 212 valence electrons. The molecule has 0 radical (unpaired) electrons. The van der Waals surface area contributed by atoms with Crippen LogP contribution in [0.1, 0.15) is 69.0 Å². The number of fused-ring (bicyclic) bond motifs is 3. The Hall–Kier alpha value is -2.65. The minimum atomic E-state index is -0.128. The number of rotatable bonds is 9. The predicted octanol–water partition coefficient (Wildman–Crippen LogP) is 4.18. The van der Waals surface area contributed by atoms with Crippen molar-refractivity contribution in [3.63, 3.8) is 0 Å².